The van der Waals surface area contributed by atoms with E-state index in [0.29, 0.717) is 19.0 Å². The maximum Gasteiger partial charge on any atom is 0.257 e. The predicted octanol–water partition coefficient (Wildman–Crippen LogP) is 2.73. The van der Waals surface area contributed by atoms with E-state index in [0.717, 1.165) is 25.0 Å². The zero-order valence-corrected chi connectivity index (χ0v) is 16.7. The van der Waals surface area contributed by atoms with Crippen molar-refractivity contribution in [2.75, 3.05) is 13.1 Å². The van der Waals surface area contributed by atoms with E-state index < -0.39 is 29.1 Å². The maximum atomic E-state index is 13.8. The molecule has 1 aromatic carbocycles. The van der Waals surface area contributed by atoms with Gasteiger partial charge >= 0.3 is 0 Å². The fourth-order valence-corrected chi connectivity index (χ4v) is 3.28. The van der Waals surface area contributed by atoms with Crippen molar-refractivity contribution < 1.29 is 18.4 Å². The molecule has 2 atom stereocenters. The fraction of sp³-hybridized carbons (Fsp3) is 0.579. The lowest BCUT2D eigenvalue weighted by Gasteiger charge is -2.36. The number of hydrogen-bond acceptors (Lipinski definition) is 3. The monoisotopic (exact) mass is 403 g/mol. The van der Waals surface area contributed by atoms with Gasteiger partial charge in [-0.05, 0) is 43.7 Å². The topological polar surface area (TPSA) is 75.4 Å². The quantitative estimate of drug-likeness (QED) is 0.793. The predicted molar refractivity (Wildman–Crippen MR) is 103 cm³/mol. The molecule has 1 fully saturated rings. The molecule has 0 saturated carbocycles. The lowest BCUT2D eigenvalue weighted by Crippen LogP contribution is -2.53. The maximum absolute atomic E-state index is 13.8. The summed E-state index contributed by atoms with van der Waals surface area (Å²) in [6.45, 7) is 6.67. The van der Waals surface area contributed by atoms with Gasteiger partial charge in [0.1, 0.15) is 23.2 Å². The van der Waals surface area contributed by atoms with Crippen molar-refractivity contribution in [2.45, 2.75) is 45.7 Å². The van der Waals surface area contributed by atoms with Crippen LogP contribution in [-0.4, -0.2) is 41.9 Å². The van der Waals surface area contributed by atoms with Crippen LogP contribution in [0.2, 0.25) is 0 Å². The van der Waals surface area contributed by atoms with Crippen molar-refractivity contribution in [1.82, 2.24) is 10.2 Å². The second-order valence-electron chi connectivity index (χ2n) is 7.31. The average molecular weight is 404 g/mol. The Morgan fingerprint density at radius 1 is 1.15 bits per heavy atom. The highest BCUT2D eigenvalue weighted by Crippen LogP contribution is 2.21. The molecule has 5 nitrogen and oxygen atoms in total. The van der Waals surface area contributed by atoms with E-state index in [1.807, 2.05) is 6.92 Å². The van der Waals surface area contributed by atoms with Gasteiger partial charge in [0.2, 0.25) is 5.91 Å². The smallest absolute Gasteiger partial charge is 0.257 e. The largest absolute Gasteiger partial charge is 0.341 e. The standard InChI is InChI=1S/C19H27F2N3O2.ClH/c1-11(2)17(19(26)24-9-7-13(8-10-24)12(3)22)23-18(25)16-14(20)5-4-6-15(16)21;/h4-6,11-13,17H,7-10,22H2,1-3H3,(H,23,25);1H. The lowest BCUT2D eigenvalue weighted by molar-refractivity contribution is -0.135. The summed E-state index contributed by atoms with van der Waals surface area (Å²) in [6, 6.07) is 2.46. The first-order chi connectivity index (χ1) is 12.2. The molecule has 0 radical (unpaired) electrons. The van der Waals surface area contributed by atoms with Crippen molar-refractivity contribution in [3.8, 4) is 0 Å². The normalized spacial score (nSPS) is 17.2. The second-order valence-corrected chi connectivity index (χ2v) is 7.31. The van der Waals surface area contributed by atoms with Crippen LogP contribution in [0.3, 0.4) is 0 Å². The van der Waals surface area contributed by atoms with Crippen LogP contribution in [0.4, 0.5) is 8.78 Å². The molecule has 1 aliphatic heterocycles. The van der Waals surface area contributed by atoms with Crippen LogP contribution in [0.5, 0.6) is 0 Å². The number of piperidine rings is 1. The Balaban J connectivity index is 0.00000364. The van der Waals surface area contributed by atoms with E-state index in [9.17, 15) is 18.4 Å². The van der Waals surface area contributed by atoms with E-state index in [-0.39, 0.29) is 30.3 Å². The van der Waals surface area contributed by atoms with Crippen LogP contribution in [0.25, 0.3) is 0 Å². The van der Waals surface area contributed by atoms with Gasteiger partial charge in [0.15, 0.2) is 0 Å². The van der Waals surface area contributed by atoms with E-state index >= 15 is 0 Å². The molecule has 2 amide bonds. The number of nitrogens with one attached hydrogen (secondary N) is 1. The summed E-state index contributed by atoms with van der Waals surface area (Å²) >= 11 is 0. The van der Waals surface area contributed by atoms with Crippen LogP contribution in [0.1, 0.15) is 44.0 Å². The van der Waals surface area contributed by atoms with Crippen molar-refractivity contribution in [2.24, 2.45) is 17.6 Å². The molecule has 2 unspecified atom stereocenters. The van der Waals surface area contributed by atoms with Gasteiger partial charge in [-0.1, -0.05) is 19.9 Å². The SMILES string of the molecule is CC(C)C(NC(=O)c1c(F)cccc1F)C(=O)N1CCC(C(C)N)CC1.Cl. The van der Waals surface area contributed by atoms with Gasteiger partial charge in [-0.3, -0.25) is 9.59 Å². The van der Waals surface area contributed by atoms with Crippen molar-refractivity contribution in [3.05, 3.63) is 35.4 Å². The first kappa shape index (κ1) is 23.3. The minimum atomic E-state index is -0.949. The van der Waals surface area contributed by atoms with Crippen LogP contribution < -0.4 is 11.1 Å². The number of nitrogens with zero attached hydrogens (tertiary/aromatic N) is 1. The van der Waals surface area contributed by atoms with Gasteiger partial charge in [-0.2, -0.15) is 0 Å². The van der Waals surface area contributed by atoms with Gasteiger partial charge in [0, 0.05) is 19.1 Å². The van der Waals surface area contributed by atoms with Gasteiger partial charge in [-0.25, -0.2) is 8.78 Å². The molecular weight excluding hydrogens is 376 g/mol. The molecule has 1 aromatic rings. The minimum Gasteiger partial charge on any atom is -0.341 e. The zero-order chi connectivity index (χ0) is 19.4. The summed E-state index contributed by atoms with van der Waals surface area (Å²) in [4.78, 5) is 26.9. The number of likely N-dealkylation sites (tertiary alicyclic amines) is 1. The first-order valence-electron chi connectivity index (χ1n) is 9.01. The number of carbonyl (C=O) groups excluding carboxylic acids is 2. The van der Waals surface area contributed by atoms with E-state index in [4.69, 9.17) is 5.73 Å². The molecule has 3 N–H and O–H groups in total. The third-order valence-corrected chi connectivity index (χ3v) is 5.00. The molecule has 27 heavy (non-hydrogen) atoms. The number of amides is 2. The van der Waals surface area contributed by atoms with E-state index in [1.54, 1.807) is 18.7 Å². The highest BCUT2D eigenvalue weighted by Gasteiger charge is 2.33. The Hall–Kier alpha value is -1.73. The number of benzene rings is 1. The Morgan fingerprint density at radius 3 is 2.11 bits per heavy atom. The average Bonchev–Trinajstić information content (AvgIpc) is 2.58. The molecule has 1 aliphatic rings. The zero-order valence-electron chi connectivity index (χ0n) is 15.9. The minimum absolute atomic E-state index is 0. The number of nitrogens with two attached hydrogens (primary N) is 1. The lowest BCUT2D eigenvalue weighted by atomic mass is 9.90. The van der Waals surface area contributed by atoms with Crippen LogP contribution in [0.15, 0.2) is 18.2 Å². The Morgan fingerprint density at radius 2 is 1.67 bits per heavy atom. The fourth-order valence-electron chi connectivity index (χ4n) is 3.28. The third-order valence-electron chi connectivity index (χ3n) is 5.00. The number of hydrogen-bond donors (Lipinski definition) is 2. The molecule has 2 rings (SSSR count). The molecule has 0 aliphatic carbocycles. The highest BCUT2D eigenvalue weighted by molar-refractivity contribution is 5.98. The molecule has 1 heterocycles. The summed E-state index contributed by atoms with van der Waals surface area (Å²) < 4.78 is 27.6. The second kappa shape index (κ2) is 9.99. The van der Waals surface area contributed by atoms with Crippen molar-refractivity contribution >= 4 is 24.2 Å². The molecule has 8 heteroatoms. The summed E-state index contributed by atoms with van der Waals surface area (Å²) in [5, 5.41) is 2.51. The third kappa shape index (κ3) is 5.62. The highest BCUT2D eigenvalue weighted by atomic mass is 35.5. The van der Waals surface area contributed by atoms with Crippen LogP contribution >= 0.6 is 12.4 Å². The summed E-state index contributed by atoms with van der Waals surface area (Å²) in [5.41, 5.74) is 5.26. The Kier molecular flexibility index (Phi) is 8.62. The van der Waals surface area contributed by atoms with Crippen LogP contribution in [0, 0.1) is 23.5 Å². The number of carbonyl (C=O) groups is 2. The van der Waals surface area contributed by atoms with Crippen LogP contribution in [-0.2, 0) is 4.79 Å². The summed E-state index contributed by atoms with van der Waals surface area (Å²) in [6.07, 6.45) is 1.62. The van der Waals surface area contributed by atoms with Crippen molar-refractivity contribution in [3.63, 3.8) is 0 Å². The molecule has 0 bridgehead atoms. The number of halogens is 3. The molecule has 0 spiro atoms. The number of rotatable bonds is 5. The first-order valence-corrected chi connectivity index (χ1v) is 9.01. The molecule has 1 saturated heterocycles. The van der Waals surface area contributed by atoms with Gasteiger partial charge in [0.05, 0.1) is 0 Å². The van der Waals surface area contributed by atoms with E-state index in [1.165, 1.54) is 6.07 Å². The molecule has 0 aromatic heterocycles. The molecular formula is C19H28ClF2N3O2. The summed E-state index contributed by atoms with van der Waals surface area (Å²) in [7, 11) is 0. The summed E-state index contributed by atoms with van der Waals surface area (Å²) in [5.74, 6) is -2.89. The van der Waals surface area contributed by atoms with E-state index in [2.05, 4.69) is 5.32 Å². The Bertz CT molecular complexity index is 642. The van der Waals surface area contributed by atoms with Crippen molar-refractivity contribution in [1.29, 1.82) is 0 Å². The van der Waals surface area contributed by atoms with Gasteiger partial charge in [0.25, 0.3) is 5.91 Å². The van der Waals surface area contributed by atoms with Gasteiger partial charge in [-0.15, -0.1) is 12.4 Å². The Labute approximate surface area is 165 Å². The molecule has 152 valence electrons. The van der Waals surface area contributed by atoms with Gasteiger partial charge < -0.3 is 16.0 Å².